The number of rotatable bonds is 3. The van der Waals surface area contributed by atoms with Gasteiger partial charge in [-0.3, -0.25) is 4.57 Å². The van der Waals surface area contributed by atoms with Crippen LogP contribution in [-0.4, -0.2) is 25.6 Å². The normalized spacial score (nSPS) is 17.0. The maximum Gasteiger partial charge on any atom is 0.238 e. The highest BCUT2D eigenvalue weighted by Gasteiger charge is 2.32. The zero-order valence-corrected chi connectivity index (χ0v) is 22.6. The molecule has 2 aliphatic rings. The molecule has 1 aliphatic carbocycles. The molecule has 0 bridgehead atoms. The highest BCUT2D eigenvalue weighted by atomic mass is 16.5. The third kappa shape index (κ3) is 3.53. The van der Waals surface area contributed by atoms with Gasteiger partial charge in [0.15, 0.2) is 11.6 Å². The Labute approximate surface area is 242 Å². The fourth-order valence-corrected chi connectivity index (χ4v) is 6.36. The van der Waals surface area contributed by atoms with Gasteiger partial charge in [-0.25, -0.2) is 4.98 Å². The average molecular weight is 541 g/mol. The van der Waals surface area contributed by atoms with Crippen molar-refractivity contribution < 1.29 is 4.74 Å². The summed E-state index contributed by atoms with van der Waals surface area (Å²) in [5.74, 6) is 2.96. The van der Waals surface area contributed by atoms with Crippen molar-refractivity contribution in [3.05, 3.63) is 139 Å². The molecule has 2 atom stereocenters. The van der Waals surface area contributed by atoms with E-state index < -0.39 is 0 Å². The van der Waals surface area contributed by atoms with Crippen LogP contribution in [0.3, 0.4) is 0 Å². The average Bonchev–Trinajstić information content (AvgIpc) is 3.59. The first-order valence-electron chi connectivity index (χ1n) is 14.2. The Morgan fingerprint density at radius 1 is 0.571 bits per heavy atom. The summed E-state index contributed by atoms with van der Waals surface area (Å²) in [6, 6.07) is 37.9. The molecule has 3 heterocycles. The smallest absolute Gasteiger partial charge is 0.238 e. The molecular formula is C37H24N4O. The van der Waals surface area contributed by atoms with Crippen molar-refractivity contribution in [3.8, 4) is 34.5 Å². The van der Waals surface area contributed by atoms with Gasteiger partial charge in [-0.2, -0.15) is 9.97 Å². The number of ether oxygens (including phenoxy) is 1. The highest BCUT2D eigenvalue weighted by molar-refractivity contribution is 6.13. The maximum absolute atomic E-state index is 6.21. The van der Waals surface area contributed by atoms with E-state index in [1.807, 2.05) is 42.5 Å². The molecule has 0 amide bonds. The molecule has 0 saturated heterocycles. The van der Waals surface area contributed by atoms with Gasteiger partial charge in [-0.1, -0.05) is 91.0 Å². The Morgan fingerprint density at radius 2 is 1.31 bits per heavy atom. The topological polar surface area (TPSA) is 52.8 Å². The summed E-state index contributed by atoms with van der Waals surface area (Å²) in [4.78, 5) is 15.3. The predicted molar refractivity (Wildman–Crippen MR) is 168 cm³/mol. The van der Waals surface area contributed by atoms with E-state index in [4.69, 9.17) is 19.7 Å². The van der Waals surface area contributed by atoms with Crippen molar-refractivity contribution >= 4 is 32.6 Å². The monoisotopic (exact) mass is 540 g/mol. The molecule has 0 N–H and O–H groups in total. The number of benzene rings is 5. The van der Waals surface area contributed by atoms with E-state index in [9.17, 15) is 0 Å². The van der Waals surface area contributed by atoms with Crippen molar-refractivity contribution in [2.75, 3.05) is 0 Å². The fraction of sp³-hybridized carbons (Fsp3) is 0.0541. The largest absolute Gasteiger partial charge is 0.485 e. The van der Waals surface area contributed by atoms with Crippen LogP contribution in [0.5, 0.6) is 5.75 Å². The van der Waals surface area contributed by atoms with Crippen LogP contribution >= 0.6 is 0 Å². The van der Waals surface area contributed by atoms with Gasteiger partial charge in [-0.15, -0.1) is 0 Å². The Kier molecular flexibility index (Phi) is 4.96. The zero-order chi connectivity index (χ0) is 27.6. The van der Waals surface area contributed by atoms with Crippen molar-refractivity contribution in [2.24, 2.45) is 0 Å². The van der Waals surface area contributed by atoms with Crippen molar-refractivity contribution in [1.82, 2.24) is 19.5 Å². The highest BCUT2D eigenvalue weighted by Crippen LogP contribution is 2.43. The summed E-state index contributed by atoms with van der Waals surface area (Å²) in [6.45, 7) is 0. The molecule has 0 saturated carbocycles. The molecule has 2 unspecified atom stereocenters. The quantitative estimate of drug-likeness (QED) is 0.226. The molecule has 5 heteroatoms. The van der Waals surface area contributed by atoms with Crippen LogP contribution in [-0.2, 0) is 0 Å². The molecule has 5 aromatic carbocycles. The van der Waals surface area contributed by atoms with Crippen LogP contribution in [0.25, 0.3) is 61.3 Å². The van der Waals surface area contributed by atoms with E-state index in [2.05, 4.69) is 95.6 Å². The van der Waals surface area contributed by atoms with Gasteiger partial charge in [0.25, 0.3) is 0 Å². The van der Waals surface area contributed by atoms with E-state index in [-0.39, 0.29) is 12.0 Å². The van der Waals surface area contributed by atoms with E-state index in [1.54, 1.807) is 0 Å². The molecule has 0 fully saturated rings. The standard InChI is InChI=1S/C37H24N4O/c1-2-10-23(11-3-1)35-38-36(26-18-19-34-30(21-26)28-15-7-9-17-33(28)42-34)40-37(39-35)41-31-16-8-6-14-27(31)29-20-24-12-4-5-13-25(24)22-32(29)41/h1-22,28,33H. The molecule has 9 rings (SSSR count). The third-order valence-corrected chi connectivity index (χ3v) is 8.37. The minimum absolute atomic E-state index is 0.0291. The molecule has 1 aliphatic heterocycles. The molecule has 2 aromatic heterocycles. The van der Waals surface area contributed by atoms with Gasteiger partial charge in [0.05, 0.1) is 11.0 Å². The summed E-state index contributed by atoms with van der Waals surface area (Å²) in [6.07, 6.45) is 8.49. The molecule has 7 aromatic rings. The second-order valence-electron chi connectivity index (χ2n) is 10.8. The fourth-order valence-electron chi connectivity index (χ4n) is 6.36. The first-order chi connectivity index (χ1) is 20.8. The van der Waals surface area contributed by atoms with Gasteiger partial charge in [-0.05, 0) is 53.2 Å². The molecule has 42 heavy (non-hydrogen) atoms. The molecule has 0 spiro atoms. The molecular weight excluding hydrogens is 516 g/mol. The summed E-state index contributed by atoms with van der Waals surface area (Å²) < 4.78 is 8.39. The van der Waals surface area contributed by atoms with Crippen LogP contribution in [0.4, 0.5) is 0 Å². The number of hydrogen-bond donors (Lipinski definition) is 0. The Bertz CT molecular complexity index is 2250. The first-order valence-corrected chi connectivity index (χ1v) is 14.2. The van der Waals surface area contributed by atoms with Gasteiger partial charge in [0, 0.05) is 33.4 Å². The minimum atomic E-state index is 0.0291. The Morgan fingerprint density at radius 3 is 2.19 bits per heavy atom. The first kappa shape index (κ1) is 23.2. The Balaban J connectivity index is 1.31. The predicted octanol–water partition coefficient (Wildman–Crippen LogP) is 8.43. The lowest BCUT2D eigenvalue weighted by Gasteiger charge is -2.14. The van der Waals surface area contributed by atoms with Crippen LogP contribution in [0, 0.1) is 0 Å². The number of hydrogen-bond acceptors (Lipinski definition) is 4. The summed E-state index contributed by atoms with van der Waals surface area (Å²) in [7, 11) is 0. The lowest BCUT2D eigenvalue weighted by atomic mass is 9.91. The summed E-state index contributed by atoms with van der Waals surface area (Å²) >= 11 is 0. The number of nitrogens with zero attached hydrogens (tertiary/aromatic N) is 4. The van der Waals surface area contributed by atoms with Crippen LogP contribution in [0.1, 0.15) is 11.5 Å². The van der Waals surface area contributed by atoms with E-state index in [0.29, 0.717) is 17.6 Å². The van der Waals surface area contributed by atoms with Gasteiger partial charge in [0.1, 0.15) is 11.9 Å². The lowest BCUT2D eigenvalue weighted by Crippen LogP contribution is -2.15. The van der Waals surface area contributed by atoms with Crippen molar-refractivity contribution in [2.45, 2.75) is 12.0 Å². The minimum Gasteiger partial charge on any atom is -0.485 e. The van der Waals surface area contributed by atoms with Crippen molar-refractivity contribution in [3.63, 3.8) is 0 Å². The van der Waals surface area contributed by atoms with Gasteiger partial charge < -0.3 is 4.74 Å². The molecule has 0 radical (unpaired) electrons. The zero-order valence-electron chi connectivity index (χ0n) is 22.6. The SMILES string of the molecule is C1=CC2Oc3ccc(-c4nc(-c5ccccc5)nc(-n5c6ccccc6c6cc7ccccc7cc65)n4)cc3C2C=C1. The summed E-state index contributed by atoms with van der Waals surface area (Å²) in [5.41, 5.74) is 5.16. The Hall–Kier alpha value is -5.55. The van der Waals surface area contributed by atoms with Gasteiger partial charge in [0.2, 0.25) is 5.95 Å². The van der Waals surface area contributed by atoms with E-state index >= 15 is 0 Å². The second kappa shape index (κ2) is 8.98. The number of aromatic nitrogens is 4. The van der Waals surface area contributed by atoms with Crippen LogP contribution < -0.4 is 4.74 Å². The van der Waals surface area contributed by atoms with Crippen molar-refractivity contribution in [1.29, 1.82) is 0 Å². The van der Waals surface area contributed by atoms with E-state index in [0.717, 1.165) is 33.5 Å². The number of para-hydroxylation sites is 1. The number of fused-ring (bicyclic) bond motifs is 7. The van der Waals surface area contributed by atoms with Gasteiger partial charge >= 0.3 is 0 Å². The lowest BCUT2D eigenvalue weighted by molar-refractivity contribution is 0.269. The van der Waals surface area contributed by atoms with E-state index in [1.165, 1.54) is 21.5 Å². The second-order valence-corrected chi connectivity index (χ2v) is 10.8. The molecule has 5 nitrogen and oxygen atoms in total. The third-order valence-electron chi connectivity index (χ3n) is 8.37. The maximum atomic E-state index is 6.21. The molecule has 198 valence electrons. The summed E-state index contributed by atoms with van der Waals surface area (Å²) in [5, 5.41) is 4.72. The van der Waals surface area contributed by atoms with Crippen LogP contribution in [0.2, 0.25) is 0 Å². The van der Waals surface area contributed by atoms with Crippen LogP contribution in [0.15, 0.2) is 133 Å². The number of allylic oxidation sites excluding steroid dienone is 2.